The fourth-order valence-electron chi connectivity index (χ4n) is 1.53. The fraction of sp³-hybridized carbons (Fsp3) is 0.583. The van der Waals surface area contributed by atoms with Crippen molar-refractivity contribution in [2.75, 3.05) is 20.2 Å². The van der Waals surface area contributed by atoms with Crippen molar-refractivity contribution >= 4 is 0 Å². The summed E-state index contributed by atoms with van der Waals surface area (Å²) in [6, 6.07) is 3.93. The minimum absolute atomic E-state index is 0.692. The number of nitrogens with zero attached hydrogens (tertiary/aromatic N) is 1. The highest BCUT2D eigenvalue weighted by molar-refractivity contribution is 5.22. The van der Waals surface area contributed by atoms with Gasteiger partial charge in [0, 0.05) is 11.8 Å². The monoisotopic (exact) mass is 208 g/mol. The second kappa shape index (κ2) is 6.40. The number of aromatic nitrogens is 1. The Hall–Kier alpha value is -1.09. The minimum atomic E-state index is 0.692. The predicted molar refractivity (Wildman–Crippen MR) is 62.4 cm³/mol. The van der Waals surface area contributed by atoms with Crippen molar-refractivity contribution in [2.24, 2.45) is 0 Å². The van der Waals surface area contributed by atoms with Crippen LogP contribution < -0.4 is 10.1 Å². The smallest absolute Gasteiger partial charge is 0.213 e. The number of hydrogen-bond acceptors (Lipinski definition) is 3. The summed E-state index contributed by atoms with van der Waals surface area (Å²) in [7, 11) is 1.63. The molecule has 1 aromatic heterocycles. The summed E-state index contributed by atoms with van der Waals surface area (Å²) in [5.74, 6) is 0.692. The Morgan fingerprint density at radius 3 is 2.27 bits per heavy atom. The van der Waals surface area contributed by atoms with Gasteiger partial charge in [0.15, 0.2) is 0 Å². The van der Waals surface area contributed by atoms with Crippen molar-refractivity contribution in [3.8, 4) is 5.88 Å². The van der Waals surface area contributed by atoms with Gasteiger partial charge in [-0.15, -0.1) is 0 Å². The van der Waals surface area contributed by atoms with E-state index in [0.717, 1.165) is 5.69 Å². The molecule has 0 aliphatic carbocycles. The minimum Gasteiger partial charge on any atom is -0.481 e. The third kappa shape index (κ3) is 4.79. The maximum absolute atomic E-state index is 4.96. The maximum Gasteiger partial charge on any atom is 0.213 e. The summed E-state index contributed by atoms with van der Waals surface area (Å²) in [5, 5.41) is 3.22. The molecule has 0 amide bonds. The van der Waals surface area contributed by atoms with Crippen molar-refractivity contribution in [1.82, 2.24) is 10.3 Å². The van der Waals surface area contributed by atoms with Gasteiger partial charge in [-0.2, -0.15) is 0 Å². The number of nitrogens with one attached hydrogen (secondary N) is 1. The number of rotatable bonds is 1. The number of pyridine rings is 1. The molecule has 84 valence electrons. The summed E-state index contributed by atoms with van der Waals surface area (Å²) < 4.78 is 4.96. The Bertz CT molecular complexity index is 268. The molecule has 1 aromatic rings. The molecule has 2 rings (SSSR count). The standard InChI is InChI=1S/C8H11NO.C4H9N/c1-6-4-7(2)9-8(5-6)10-3;1-2-4-5-3-1/h4-5H,1-3H3;5H,1-4H2. The van der Waals surface area contributed by atoms with Gasteiger partial charge >= 0.3 is 0 Å². The molecule has 1 aliphatic heterocycles. The molecular weight excluding hydrogens is 188 g/mol. The van der Waals surface area contributed by atoms with Crippen LogP contribution in [0, 0.1) is 13.8 Å². The topological polar surface area (TPSA) is 34.1 Å². The van der Waals surface area contributed by atoms with Crippen molar-refractivity contribution in [3.63, 3.8) is 0 Å². The van der Waals surface area contributed by atoms with Crippen LogP contribution in [0.1, 0.15) is 24.1 Å². The van der Waals surface area contributed by atoms with E-state index in [1.54, 1.807) is 7.11 Å². The molecule has 0 saturated carbocycles. The lowest BCUT2D eigenvalue weighted by molar-refractivity contribution is 0.396. The normalized spacial score (nSPS) is 14.3. The van der Waals surface area contributed by atoms with Gasteiger partial charge in [0.05, 0.1) is 7.11 Å². The summed E-state index contributed by atoms with van der Waals surface area (Å²) >= 11 is 0. The van der Waals surface area contributed by atoms with E-state index in [2.05, 4.69) is 10.3 Å². The molecule has 0 unspecified atom stereocenters. The molecule has 0 atom stereocenters. The maximum atomic E-state index is 4.96. The molecule has 3 heteroatoms. The zero-order chi connectivity index (χ0) is 11.1. The summed E-state index contributed by atoms with van der Waals surface area (Å²) in [6.07, 6.45) is 2.78. The molecule has 0 spiro atoms. The van der Waals surface area contributed by atoms with Gasteiger partial charge in [0.1, 0.15) is 0 Å². The molecule has 1 aliphatic rings. The molecule has 0 aromatic carbocycles. The van der Waals surface area contributed by atoms with Crippen LogP contribution in [0.4, 0.5) is 0 Å². The van der Waals surface area contributed by atoms with Crippen molar-refractivity contribution < 1.29 is 4.74 Å². The quantitative estimate of drug-likeness (QED) is 0.767. The number of aryl methyl sites for hydroxylation is 2. The Morgan fingerprint density at radius 2 is 1.87 bits per heavy atom. The Balaban J connectivity index is 0.000000187. The highest BCUT2D eigenvalue weighted by Gasteiger charge is 1.94. The van der Waals surface area contributed by atoms with E-state index in [1.165, 1.54) is 31.5 Å². The van der Waals surface area contributed by atoms with Gasteiger partial charge in [-0.3, -0.25) is 0 Å². The molecule has 0 radical (unpaired) electrons. The lowest BCUT2D eigenvalue weighted by Crippen LogP contribution is -2.03. The van der Waals surface area contributed by atoms with Crippen LogP contribution in [0.15, 0.2) is 12.1 Å². The predicted octanol–water partition coefficient (Wildman–Crippen LogP) is 2.08. The van der Waals surface area contributed by atoms with E-state index in [1.807, 2.05) is 26.0 Å². The lowest BCUT2D eigenvalue weighted by atomic mass is 10.2. The van der Waals surface area contributed by atoms with Crippen LogP contribution in [-0.2, 0) is 0 Å². The molecule has 1 N–H and O–H groups in total. The van der Waals surface area contributed by atoms with E-state index in [-0.39, 0.29) is 0 Å². The zero-order valence-electron chi connectivity index (χ0n) is 9.84. The van der Waals surface area contributed by atoms with Gasteiger partial charge in [0.2, 0.25) is 5.88 Å². The first kappa shape index (κ1) is 12.0. The van der Waals surface area contributed by atoms with Crippen molar-refractivity contribution in [1.29, 1.82) is 0 Å². The molecule has 1 saturated heterocycles. The van der Waals surface area contributed by atoms with Gasteiger partial charge in [0.25, 0.3) is 0 Å². The molecular formula is C12H20N2O. The number of methoxy groups -OCH3 is 1. The van der Waals surface area contributed by atoms with Gasteiger partial charge in [-0.25, -0.2) is 4.98 Å². The van der Waals surface area contributed by atoms with E-state index >= 15 is 0 Å². The van der Waals surface area contributed by atoms with E-state index in [9.17, 15) is 0 Å². The van der Waals surface area contributed by atoms with Crippen LogP contribution >= 0.6 is 0 Å². The highest BCUT2D eigenvalue weighted by atomic mass is 16.5. The number of ether oxygens (including phenoxy) is 1. The van der Waals surface area contributed by atoms with Crippen molar-refractivity contribution in [3.05, 3.63) is 23.4 Å². The van der Waals surface area contributed by atoms with Crippen LogP contribution in [0.2, 0.25) is 0 Å². The molecule has 3 nitrogen and oxygen atoms in total. The SMILES string of the molecule is C1CCNC1.COc1cc(C)cc(C)n1. The van der Waals surface area contributed by atoms with Crippen LogP contribution in [0.5, 0.6) is 5.88 Å². The average molecular weight is 208 g/mol. The Labute approximate surface area is 91.9 Å². The second-order valence-electron chi connectivity index (χ2n) is 3.79. The Kier molecular flexibility index (Phi) is 5.12. The first-order chi connectivity index (χ1) is 7.22. The average Bonchev–Trinajstić information content (AvgIpc) is 2.74. The van der Waals surface area contributed by atoms with E-state index in [4.69, 9.17) is 4.74 Å². The summed E-state index contributed by atoms with van der Waals surface area (Å²) in [4.78, 5) is 4.13. The molecule has 15 heavy (non-hydrogen) atoms. The first-order valence-electron chi connectivity index (χ1n) is 5.42. The fourth-order valence-corrected chi connectivity index (χ4v) is 1.53. The zero-order valence-corrected chi connectivity index (χ0v) is 9.84. The molecule has 1 fully saturated rings. The Morgan fingerprint density at radius 1 is 1.20 bits per heavy atom. The van der Waals surface area contributed by atoms with Crippen LogP contribution in [0.3, 0.4) is 0 Å². The second-order valence-corrected chi connectivity index (χ2v) is 3.79. The summed E-state index contributed by atoms with van der Waals surface area (Å²) in [6.45, 7) is 6.48. The molecule has 2 heterocycles. The van der Waals surface area contributed by atoms with Crippen LogP contribution in [-0.4, -0.2) is 25.2 Å². The van der Waals surface area contributed by atoms with Gasteiger partial charge in [-0.05, 0) is 51.4 Å². The van der Waals surface area contributed by atoms with Gasteiger partial charge < -0.3 is 10.1 Å². The number of hydrogen-bond donors (Lipinski definition) is 1. The van der Waals surface area contributed by atoms with Crippen LogP contribution in [0.25, 0.3) is 0 Å². The third-order valence-electron chi connectivity index (χ3n) is 2.24. The largest absolute Gasteiger partial charge is 0.481 e. The summed E-state index contributed by atoms with van der Waals surface area (Å²) in [5.41, 5.74) is 2.18. The van der Waals surface area contributed by atoms with Crippen molar-refractivity contribution in [2.45, 2.75) is 26.7 Å². The third-order valence-corrected chi connectivity index (χ3v) is 2.24. The van der Waals surface area contributed by atoms with E-state index < -0.39 is 0 Å². The molecule has 0 bridgehead atoms. The lowest BCUT2D eigenvalue weighted by Gasteiger charge is -2.00. The first-order valence-corrected chi connectivity index (χ1v) is 5.42. The van der Waals surface area contributed by atoms with Gasteiger partial charge in [-0.1, -0.05) is 0 Å². The van der Waals surface area contributed by atoms with E-state index in [0.29, 0.717) is 5.88 Å². The highest BCUT2D eigenvalue weighted by Crippen LogP contribution is 2.09.